The lowest BCUT2D eigenvalue weighted by atomic mass is 9.99. The molecule has 1 aliphatic heterocycles. The van der Waals surface area contributed by atoms with Crippen molar-refractivity contribution in [1.82, 2.24) is 19.7 Å². The van der Waals surface area contributed by atoms with Crippen molar-refractivity contribution in [3.63, 3.8) is 0 Å². The summed E-state index contributed by atoms with van der Waals surface area (Å²) in [5.41, 5.74) is -0.624. The van der Waals surface area contributed by atoms with E-state index in [2.05, 4.69) is 10.2 Å². The predicted octanol–water partition coefficient (Wildman–Crippen LogP) is 5.43. The number of hydrogen-bond donors (Lipinski definition) is 0. The van der Waals surface area contributed by atoms with Gasteiger partial charge in [-0.25, -0.2) is 0 Å². The molecule has 0 saturated heterocycles. The van der Waals surface area contributed by atoms with E-state index in [0.29, 0.717) is 12.5 Å². The minimum atomic E-state index is -4.54. The van der Waals surface area contributed by atoms with Crippen molar-refractivity contribution in [2.75, 3.05) is 0 Å². The maximum Gasteiger partial charge on any atom is 0.417 e. The number of aromatic nitrogens is 3. The normalized spacial score (nSPS) is 20.9. The maximum atomic E-state index is 13.2. The van der Waals surface area contributed by atoms with Gasteiger partial charge in [0.2, 0.25) is 5.82 Å². The second kappa shape index (κ2) is 8.21. The number of carbonyl (C=O) groups is 1. The van der Waals surface area contributed by atoms with Crippen LogP contribution in [0.15, 0.2) is 18.2 Å². The molecule has 1 atom stereocenters. The first-order valence-electron chi connectivity index (χ1n) is 10.4. The monoisotopic (exact) mass is 440 g/mol. The Bertz CT molecular complexity index is 935. The fraction of sp³-hybridized carbons (Fsp3) is 0.571. The molecule has 2 aliphatic rings. The van der Waals surface area contributed by atoms with Gasteiger partial charge < -0.3 is 9.47 Å². The number of nitrogens with zero attached hydrogens (tertiary/aromatic N) is 4. The molecular formula is C21H24ClF3N4O. The van der Waals surface area contributed by atoms with Gasteiger partial charge in [-0.3, -0.25) is 4.79 Å². The number of benzene rings is 1. The summed E-state index contributed by atoms with van der Waals surface area (Å²) in [4.78, 5) is 14.7. The first-order valence-corrected chi connectivity index (χ1v) is 10.7. The van der Waals surface area contributed by atoms with E-state index in [1.165, 1.54) is 29.9 Å². The SMILES string of the molecule is C[C@H]1Cn2c(nnc2C2CCCCCC2)C(=O)N1Cc1cccc(C(F)(F)F)c1Cl. The Morgan fingerprint density at radius 2 is 1.83 bits per heavy atom. The summed E-state index contributed by atoms with van der Waals surface area (Å²) < 4.78 is 41.4. The van der Waals surface area contributed by atoms with E-state index in [9.17, 15) is 18.0 Å². The maximum absolute atomic E-state index is 13.2. The molecule has 0 N–H and O–H groups in total. The molecule has 1 fully saturated rings. The van der Waals surface area contributed by atoms with E-state index in [1.807, 2.05) is 11.5 Å². The van der Waals surface area contributed by atoms with Gasteiger partial charge in [-0.15, -0.1) is 10.2 Å². The summed E-state index contributed by atoms with van der Waals surface area (Å²) in [7, 11) is 0. The Morgan fingerprint density at radius 3 is 2.50 bits per heavy atom. The standard InChI is InChI=1S/C21H24ClF3N4O/c1-13-11-29-18(14-7-4-2-3-5-8-14)26-27-19(29)20(30)28(13)12-15-9-6-10-16(17(15)22)21(23,24)25/h6,9-10,13-14H,2-5,7-8,11-12H2,1H3/t13-/m0/s1. The van der Waals surface area contributed by atoms with Crippen molar-refractivity contribution in [2.24, 2.45) is 0 Å². The number of rotatable bonds is 3. The van der Waals surface area contributed by atoms with Crippen molar-refractivity contribution in [1.29, 1.82) is 0 Å². The summed E-state index contributed by atoms with van der Waals surface area (Å²) in [6.45, 7) is 2.41. The fourth-order valence-corrected chi connectivity index (χ4v) is 4.81. The quantitative estimate of drug-likeness (QED) is 0.598. The third kappa shape index (κ3) is 3.94. The number of halogens is 4. The van der Waals surface area contributed by atoms with E-state index in [4.69, 9.17) is 11.6 Å². The van der Waals surface area contributed by atoms with E-state index in [-0.39, 0.29) is 34.9 Å². The summed E-state index contributed by atoms with van der Waals surface area (Å²) in [6, 6.07) is 3.57. The zero-order chi connectivity index (χ0) is 21.5. The minimum absolute atomic E-state index is 0.00558. The lowest BCUT2D eigenvalue weighted by Gasteiger charge is -2.34. The smallest absolute Gasteiger partial charge is 0.327 e. The van der Waals surface area contributed by atoms with Crippen LogP contribution in [0.4, 0.5) is 13.2 Å². The molecule has 2 aromatic rings. The molecule has 0 spiro atoms. The highest BCUT2D eigenvalue weighted by molar-refractivity contribution is 6.32. The van der Waals surface area contributed by atoms with Crippen LogP contribution in [0.1, 0.15) is 78.9 Å². The largest absolute Gasteiger partial charge is 0.417 e. The molecule has 1 aliphatic carbocycles. The molecule has 9 heteroatoms. The van der Waals surface area contributed by atoms with Crippen molar-refractivity contribution in [2.45, 2.75) is 76.7 Å². The van der Waals surface area contributed by atoms with Crippen LogP contribution in [0.3, 0.4) is 0 Å². The van der Waals surface area contributed by atoms with Gasteiger partial charge in [0.25, 0.3) is 5.91 Å². The van der Waals surface area contributed by atoms with Crippen LogP contribution in [0, 0.1) is 0 Å². The molecule has 162 valence electrons. The molecule has 4 rings (SSSR count). The van der Waals surface area contributed by atoms with Gasteiger partial charge in [0.15, 0.2) is 0 Å². The lowest BCUT2D eigenvalue weighted by molar-refractivity contribution is -0.137. The zero-order valence-electron chi connectivity index (χ0n) is 16.8. The Hall–Kier alpha value is -2.09. The highest BCUT2D eigenvalue weighted by Gasteiger charge is 2.37. The number of fused-ring (bicyclic) bond motifs is 1. The third-order valence-corrected chi connectivity index (χ3v) is 6.60. The third-order valence-electron chi connectivity index (χ3n) is 6.16. The van der Waals surface area contributed by atoms with Crippen molar-refractivity contribution >= 4 is 17.5 Å². The van der Waals surface area contributed by atoms with Crippen LogP contribution in [0.25, 0.3) is 0 Å². The van der Waals surface area contributed by atoms with E-state index >= 15 is 0 Å². The average Bonchev–Trinajstić information content (AvgIpc) is 2.92. The molecule has 0 unspecified atom stereocenters. The van der Waals surface area contributed by atoms with Gasteiger partial charge >= 0.3 is 6.18 Å². The molecule has 0 bridgehead atoms. The summed E-state index contributed by atoms with van der Waals surface area (Å²) in [5, 5.41) is 8.14. The van der Waals surface area contributed by atoms with Gasteiger partial charge in [0.05, 0.1) is 10.6 Å². The van der Waals surface area contributed by atoms with Gasteiger partial charge in [-0.05, 0) is 31.4 Å². The summed E-state index contributed by atoms with van der Waals surface area (Å²) in [6.07, 6.45) is 2.29. The highest BCUT2D eigenvalue weighted by atomic mass is 35.5. The molecular weight excluding hydrogens is 417 g/mol. The van der Waals surface area contributed by atoms with Crippen molar-refractivity contribution in [3.8, 4) is 0 Å². The lowest BCUT2D eigenvalue weighted by Crippen LogP contribution is -2.46. The number of carbonyl (C=O) groups excluding carboxylic acids is 1. The Balaban J connectivity index is 1.60. The summed E-state index contributed by atoms with van der Waals surface area (Å²) >= 11 is 6.04. The molecule has 30 heavy (non-hydrogen) atoms. The van der Waals surface area contributed by atoms with Gasteiger partial charge in [-0.2, -0.15) is 13.2 Å². The van der Waals surface area contributed by atoms with Gasteiger partial charge in [0.1, 0.15) is 5.82 Å². The van der Waals surface area contributed by atoms with E-state index < -0.39 is 11.7 Å². The molecule has 5 nitrogen and oxygen atoms in total. The van der Waals surface area contributed by atoms with Crippen LogP contribution >= 0.6 is 11.6 Å². The fourth-order valence-electron chi connectivity index (χ4n) is 4.52. The van der Waals surface area contributed by atoms with Crippen molar-refractivity contribution < 1.29 is 18.0 Å². The Morgan fingerprint density at radius 1 is 1.13 bits per heavy atom. The predicted molar refractivity (Wildman–Crippen MR) is 106 cm³/mol. The second-order valence-corrected chi connectivity index (χ2v) is 8.62. The first-order chi connectivity index (χ1) is 14.3. The zero-order valence-corrected chi connectivity index (χ0v) is 17.5. The second-order valence-electron chi connectivity index (χ2n) is 8.24. The van der Waals surface area contributed by atoms with Crippen molar-refractivity contribution in [3.05, 3.63) is 46.0 Å². The van der Waals surface area contributed by atoms with E-state index in [0.717, 1.165) is 37.6 Å². The van der Waals surface area contributed by atoms with Gasteiger partial charge in [0, 0.05) is 25.0 Å². The van der Waals surface area contributed by atoms with Crippen LogP contribution in [0.2, 0.25) is 5.02 Å². The van der Waals surface area contributed by atoms with Crippen LogP contribution in [-0.2, 0) is 19.3 Å². The highest BCUT2D eigenvalue weighted by Crippen LogP contribution is 2.37. The minimum Gasteiger partial charge on any atom is -0.327 e. The van der Waals surface area contributed by atoms with Crippen LogP contribution in [0.5, 0.6) is 0 Å². The number of alkyl halides is 3. The molecule has 1 aromatic heterocycles. The molecule has 1 saturated carbocycles. The average molecular weight is 441 g/mol. The summed E-state index contributed by atoms with van der Waals surface area (Å²) in [5.74, 6) is 1.10. The van der Waals surface area contributed by atoms with Crippen LogP contribution in [-0.4, -0.2) is 31.6 Å². The Labute approximate surface area is 178 Å². The molecule has 2 heterocycles. The van der Waals surface area contributed by atoms with E-state index in [1.54, 1.807) is 0 Å². The first kappa shape index (κ1) is 21.2. The molecule has 1 aromatic carbocycles. The topological polar surface area (TPSA) is 51.0 Å². The number of amides is 1. The molecule has 0 radical (unpaired) electrons. The van der Waals surface area contributed by atoms with Crippen LogP contribution < -0.4 is 0 Å². The Kier molecular flexibility index (Phi) is 5.79. The number of hydrogen-bond acceptors (Lipinski definition) is 3. The molecule has 1 amide bonds. The van der Waals surface area contributed by atoms with Gasteiger partial charge in [-0.1, -0.05) is 49.4 Å².